The summed E-state index contributed by atoms with van der Waals surface area (Å²) in [6.45, 7) is 2.18. The van der Waals surface area contributed by atoms with Crippen LogP contribution in [0.1, 0.15) is 31.7 Å². The molecule has 0 aromatic heterocycles. The third-order valence-electron chi connectivity index (χ3n) is 2.66. The summed E-state index contributed by atoms with van der Waals surface area (Å²) in [5, 5.41) is 11.1. The second-order valence-corrected chi connectivity index (χ2v) is 3.86. The molecule has 1 aromatic carbocycles. The molecule has 2 heteroatoms. The Labute approximate surface area is 84.5 Å². The minimum Gasteiger partial charge on any atom is -0.490 e. The van der Waals surface area contributed by atoms with E-state index in [0.29, 0.717) is 6.10 Å². The molecule has 1 unspecified atom stereocenters. The highest BCUT2D eigenvalue weighted by Gasteiger charge is 2.22. The molecule has 0 saturated heterocycles. The first kappa shape index (κ1) is 9.38. The van der Waals surface area contributed by atoms with E-state index in [0.717, 1.165) is 18.6 Å². The van der Waals surface area contributed by atoms with Gasteiger partial charge in [-0.2, -0.15) is 0 Å². The van der Waals surface area contributed by atoms with Crippen LogP contribution in [0.2, 0.25) is 0 Å². The third-order valence-corrected chi connectivity index (χ3v) is 2.66. The van der Waals surface area contributed by atoms with Crippen LogP contribution in [0.5, 0.6) is 11.5 Å². The molecule has 0 N–H and O–H groups in total. The van der Waals surface area contributed by atoms with Crippen LogP contribution in [0.15, 0.2) is 18.2 Å². The smallest absolute Gasteiger partial charge is 0.182 e. The number of ether oxygens (including phenoxy) is 1. The standard InChI is InChI=1S/C12H15O2/c1-2-3-4-11-7-9-5-6-10(13)8-12(9)14-11/h5-6,8,11H,2-4,7H2,1H3. The number of benzene rings is 1. The third kappa shape index (κ3) is 1.84. The van der Waals surface area contributed by atoms with E-state index in [4.69, 9.17) is 4.74 Å². The van der Waals surface area contributed by atoms with Crippen molar-refractivity contribution in [3.8, 4) is 11.5 Å². The Morgan fingerprint density at radius 2 is 2.36 bits per heavy atom. The summed E-state index contributed by atoms with van der Waals surface area (Å²) < 4.78 is 5.69. The van der Waals surface area contributed by atoms with Crippen LogP contribution in [0.25, 0.3) is 0 Å². The van der Waals surface area contributed by atoms with Gasteiger partial charge in [0.25, 0.3) is 0 Å². The predicted octanol–water partition coefficient (Wildman–Crippen LogP) is 3.32. The molecule has 75 valence electrons. The van der Waals surface area contributed by atoms with Gasteiger partial charge in [-0.3, -0.25) is 5.11 Å². The molecule has 0 saturated carbocycles. The van der Waals surface area contributed by atoms with Crippen LogP contribution in [-0.2, 0) is 11.5 Å². The van der Waals surface area contributed by atoms with Gasteiger partial charge in [-0.05, 0) is 18.1 Å². The van der Waals surface area contributed by atoms with Crippen molar-refractivity contribution >= 4 is 0 Å². The van der Waals surface area contributed by atoms with Gasteiger partial charge in [0.2, 0.25) is 0 Å². The quantitative estimate of drug-likeness (QED) is 0.720. The Morgan fingerprint density at radius 1 is 1.50 bits per heavy atom. The first-order valence-electron chi connectivity index (χ1n) is 5.26. The van der Waals surface area contributed by atoms with Gasteiger partial charge >= 0.3 is 0 Å². The van der Waals surface area contributed by atoms with E-state index in [1.807, 2.05) is 6.07 Å². The lowest BCUT2D eigenvalue weighted by Crippen LogP contribution is -2.11. The van der Waals surface area contributed by atoms with Crippen molar-refractivity contribution < 1.29 is 9.84 Å². The van der Waals surface area contributed by atoms with Crippen molar-refractivity contribution in [2.75, 3.05) is 0 Å². The van der Waals surface area contributed by atoms with E-state index in [-0.39, 0.29) is 5.75 Å². The van der Waals surface area contributed by atoms with Gasteiger partial charge in [0.15, 0.2) is 5.75 Å². The molecule has 0 aliphatic carbocycles. The Kier molecular flexibility index (Phi) is 2.62. The molecule has 1 heterocycles. The molecule has 1 aliphatic heterocycles. The van der Waals surface area contributed by atoms with Crippen molar-refractivity contribution in [3.63, 3.8) is 0 Å². The largest absolute Gasteiger partial charge is 0.490 e. The molecule has 1 aliphatic rings. The van der Waals surface area contributed by atoms with Crippen LogP contribution in [0.4, 0.5) is 0 Å². The molecule has 0 fully saturated rings. The monoisotopic (exact) mass is 191 g/mol. The lowest BCUT2D eigenvalue weighted by Gasteiger charge is -2.08. The van der Waals surface area contributed by atoms with E-state index in [2.05, 4.69) is 6.92 Å². The van der Waals surface area contributed by atoms with E-state index >= 15 is 0 Å². The number of rotatable bonds is 3. The maximum Gasteiger partial charge on any atom is 0.182 e. The SMILES string of the molecule is CCCCC1Cc2ccc([O])cc2O1. The highest BCUT2D eigenvalue weighted by Crippen LogP contribution is 2.33. The summed E-state index contributed by atoms with van der Waals surface area (Å²) in [5.74, 6) is 0.846. The Hall–Kier alpha value is -1.18. The van der Waals surface area contributed by atoms with Crippen molar-refractivity contribution in [1.82, 2.24) is 0 Å². The molecular weight excluding hydrogens is 176 g/mol. The van der Waals surface area contributed by atoms with E-state index in [9.17, 15) is 5.11 Å². The topological polar surface area (TPSA) is 29.1 Å². The number of fused-ring (bicyclic) bond motifs is 1. The van der Waals surface area contributed by atoms with Gasteiger partial charge in [0, 0.05) is 12.5 Å². The van der Waals surface area contributed by atoms with E-state index in [1.54, 1.807) is 12.1 Å². The molecule has 1 radical (unpaired) electrons. The molecule has 14 heavy (non-hydrogen) atoms. The molecule has 2 rings (SSSR count). The molecule has 0 amide bonds. The Balaban J connectivity index is 2.03. The fourth-order valence-electron chi connectivity index (χ4n) is 1.87. The van der Waals surface area contributed by atoms with Gasteiger partial charge < -0.3 is 4.74 Å². The Bertz CT molecular complexity index is 320. The van der Waals surface area contributed by atoms with Crippen molar-refractivity contribution in [2.45, 2.75) is 38.7 Å². The number of hydrogen-bond acceptors (Lipinski definition) is 1. The minimum absolute atomic E-state index is 0.0416. The Morgan fingerprint density at radius 3 is 3.14 bits per heavy atom. The van der Waals surface area contributed by atoms with E-state index < -0.39 is 0 Å². The van der Waals surface area contributed by atoms with Crippen LogP contribution >= 0.6 is 0 Å². The summed E-state index contributed by atoms with van der Waals surface area (Å²) in [6, 6.07) is 5.11. The molecular formula is C12H15O2. The van der Waals surface area contributed by atoms with Gasteiger partial charge in [-0.25, -0.2) is 0 Å². The number of hydrogen-bond donors (Lipinski definition) is 0. The van der Waals surface area contributed by atoms with E-state index in [1.165, 1.54) is 18.4 Å². The average Bonchev–Trinajstić information content (AvgIpc) is 2.56. The van der Waals surface area contributed by atoms with Crippen LogP contribution in [0, 0.1) is 0 Å². The molecule has 0 spiro atoms. The minimum atomic E-state index is 0.0416. The van der Waals surface area contributed by atoms with Gasteiger partial charge in [-0.15, -0.1) is 0 Å². The summed E-state index contributed by atoms with van der Waals surface area (Å²) in [4.78, 5) is 0. The molecule has 0 bridgehead atoms. The van der Waals surface area contributed by atoms with Crippen molar-refractivity contribution in [3.05, 3.63) is 23.8 Å². The highest BCUT2D eigenvalue weighted by molar-refractivity contribution is 5.42. The first-order valence-corrected chi connectivity index (χ1v) is 5.26. The number of unbranched alkanes of at least 4 members (excludes halogenated alkanes) is 1. The molecule has 1 atom stereocenters. The maximum absolute atomic E-state index is 11.1. The van der Waals surface area contributed by atoms with Gasteiger partial charge in [-0.1, -0.05) is 25.8 Å². The predicted molar refractivity (Wildman–Crippen MR) is 54.2 cm³/mol. The lowest BCUT2D eigenvalue weighted by molar-refractivity contribution is 0.216. The second kappa shape index (κ2) is 3.91. The van der Waals surface area contributed by atoms with Crippen molar-refractivity contribution in [1.29, 1.82) is 0 Å². The van der Waals surface area contributed by atoms with Crippen LogP contribution < -0.4 is 4.74 Å². The van der Waals surface area contributed by atoms with Crippen molar-refractivity contribution in [2.24, 2.45) is 0 Å². The summed E-state index contributed by atoms with van der Waals surface area (Å²) >= 11 is 0. The second-order valence-electron chi connectivity index (χ2n) is 3.86. The summed E-state index contributed by atoms with van der Waals surface area (Å²) in [6.07, 6.45) is 4.76. The maximum atomic E-state index is 11.1. The van der Waals surface area contributed by atoms with Crippen LogP contribution in [0.3, 0.4) is 0 Å². The normalized spacial score (nSPS) is 19.1. The summed E-state index contributed by atoms with van der Waals surface area (Å²) in [5.41, 5.74) is 1.19. The van der Waals surface area contributed by atoms with Crippen LogP contribution in [-0.4, -0.2) is 6.10 Å². The highest BCUT2D eigenvalue weighted by atomic mass is 16.5. The van der Waals surface area contributed by atoms with Gasteiger partial charge in [0.05, 0.1) is 0 Å². The molecule has 2 nitrogen and oxygen atoms in total. The fourth-order valence-corrected chi connectivity index (χ4v) is 1.87. The zero-order valence-corrected chi connectivity index (χ0v) is 8.45. The zero-order valence-electron chi connectivity index (χ0n) is 8.45. The molecule has 1 aromatic rings. The van der Waals surface area contributed by atoms with Gasteiger partial charge in [0.1, 0.15) is 11.9 Å². The first-order chi connectivity index (χ1) is 6.79. The fraction of sp³-hybridized carbons (Fsp3) is 0.500. The zero-order chi connectivity index (χ0) is 9.97. The summed E-state index contributed by atoms with van der Waals surface area (Å²) in [7, 11) is 0. The average molecular weight is 191 g/mol. The lowest BCUT2D eigenvalue weighted by atomic mass is 10.1.